The number of aromatic nitrogens is 4. The van der Waals surface area contributed by atoms with Gasteiger partial charge >= 0.3 is 0 Å². The summed E-state index contributed by atoms with van der Waals surface area (Å²) in [5, 5.41) is 8.89. The van der Waals surface area contributed by atoms with Gasteiger partial charge in [0.05, 0.1) is 23.9 Å². The van der Waals surface area contributed by atoms with Crippen LogP contribution in [0.3, 0.4) is 0 Å². The number of imidazole rings is 1. The van der Waals surface area contributed by atoms with Gasteiger partial charge in [-0.25, -0.2) is 15.0 Å². The van der Waals surface area contributed by atoms with E-state index in [1.165, 1.54) is 18.5 Å². The molecule has 372 valence electrons. The van der Waals surface area contributed by atoms with E-state index in [1.807, 2.05) is 42.7 Å². The molecule has 18 heteroatoms. The number of imide groups is 2. The smallest absolute Gasteiger partial charge is 0.262 e. The van der Waals surface area contributed by atoms with Crippen molar-refractivity contribution in [2.45, 2.75) is 94.8 Å². The minimum Gasteiger partial charge on any atom is -0.371 e. The summed E-state index contributed by atoms with van der Waals surface area (Å²) in [4.78, 5) is 101. The van der Waals surface area contributed by atoms with Gasteiger partial charge in [0, 0.05) is 99.9 Å². The van der Waals surface area contributed by atoms with Crippen molar-refractivity contribution in [3.05, 3.63) is 102 Å². The second-order valence-electron chi connectivity index (χ2n) is 21.1. The second-order valence-corrected chi connectivity index (χ2v) is 21.1. The molecule has 7 aliphatic rings. The highest BCUT2D eigenvalue weighted by atomic mass is 16.2. The number of piperazine rings is 1. The van der Waals surface area contributed by atoms with Crippen LogP contribution in [0.1, 0.15) is 96.5 Å². The van der Waals surface area contributed by atoms with Gasteiger partial charge in [-0.2, -0.15) is 0 Å². The molecule has 6 amide bonds. The van der Waals surface area contributed by atoms with Gasteiger partial charge in [0.2, 0.25) is 23.6 Å². The highest BCUT2D eigenvalue weighted by Gasteiger charge is 2.49. The van der Waals surface area contributed by atoms with Crippen LogP contribution in [-0.4, -0.2) is 140 Å². The average molecular weight is 973 g/mol. The van der Waals surface area contributed by atoms with Gasteiger partial charge in [0.25, 0.3) is 11.8 Å². The molecule has 2 aliphatic carbocycles. The number of nitrogens with zero attached hydrogens (tertiary/aromatic N) is 9. The maximum atomic E-state index is 13.8. The maximum absolute atomic E-state index is 13.8. The molecule has 3 N–H and O–H groups in total. The van der Waals surface area contributed by atoms with E-state index < -0.39 is 29.7 Å². The van der Waals surface area contributed by atoms with Crippen molar-refractivity contribution >= 4 is 69.5 Å². The summed E-state index contributed by atoms with van der Waals surface area (Å²) in [6.07, 6.45) is 11.7. The fourth-order valence-corrected chi connectivity index (χ4v) is 12.5. The zero-order valence-corrected chi connectivity index (χ0v) is 40.4. The molecule has 5 aliphatic heterocycles. The summed E-state index contributed by atoms with van der Waals surface area (Å²) in [5.74, 6) is -1.10. The molecule has 12 rings (SSSR count). The first kappa shape index (κ1) is 45.9. The SMILES string of the molecule is O=C1CC[C@H](N2C(=O)c3ccc(N4CCC(C(=O)N5CCC6(CC5)CC(N5CCN(c7ccc(Nc8ncnc9c8ncn9C8CC(NC(=O)Cc9ccccc9)C8)cc7)CC5)C6)CC4)cc3C2=O)C(=O)N1. The Morgan fingerprint density at radius 1 is 0.722 bits per heavy atom. The Morgan fingerprint density at radius 2 is 1.43 bits per heavy atom. The van der Waals surface area contributed by atoms with Crippen molar-refractivity contribution < 1.29 is 28.8 Å². The molecule has 2 saturated carbocycles. The molecule has 6 fully saturated rings. The Labute approximate surface area is 417 Å². The van der Waals surface area contributed by atoms with Crippen molar-refractivity contribution in [3.8, 4) is 0 Å². The fraction of sp³-hybridized carbons (Fsp3) is 0.463. The van der Waals surface area contributed by atoms with Crippen molar-refractivity contribution in [2.75, 3.05) is 67.5 Å². The van der Waals surface area contributed by atoms with Gasteiger partial charge in [-0.05, 0) is 111 Å². The number of carbonyl (C=O) groups excluding carboxylic acids is 6. The molecule has 0 bridgehead atoms. The number of nitrogens with one attached hydrogen (secondary N) is 3. The van der Waals surface area contributed by atoms with E-state index in [1.54, 1.807) is 18.5 Å². The fourth-order valence-electron chi connectivity index (χ4n) is 12.5. The summed E-state index contributed by atoms with van der Waals surface area (Å²) in [5.41, 5.74) is 6.36. The zero-order valence-electron chi connectivity index (χ0n) is 40.4. The molecule has 2 aromatic heterocycles. The van der Waals surface area contributed by atoms with Crippen LogP contribution in [0.25, 0.3) is 11.2 Å². The molecular weight excluding hydrogens is 913 g/mol. The number of rotatable bonds is 11. The summed E-state index contributed by atoms with van der Waals surface area (Å²) in [6.45, 7) is 7.02. The Balaban J connectivity index is 0.566. The monoisotopic (exact) mass is 972 g/mol. The van der Waals surface area contributed by atoms with E-state index in [9.17, 15) is 28.8 Å². The number of anilines is 4. The number of carbonyl (C=O) groups is 6. The van der Waals surface area contributed by atoms with Crippen LogP contribution < -0.4 is 25.8 Å². The van der Waals surface area contributed by atoms with Crippen LogP contribution >= 0.6 is 0 Å². The van der Waals surface area contributed by atoms with Gasteiger partial charge in [0.15, 0.2) is 17.0 Å². The van der Waals surface area contributed by atoms with E-state index in [0.717, 1.165) is 111 Å². The van der Waals surface area contributed by atoms with Crippen LogP contribution in [0.15, 0.2) is 85.5 Å². The Morgan fingerprint density at radius 3 is 2.17 bits per heavy atom. The van der Waals surface area contributed by atoms with E-state index in [-0.39, 0.29) is 53.8 Å². The molecule has 3 aromatic carbocycles. The normalized spacial score (nSPS) is 23.8. The summed E-state index contributed by atoms with van der Waals surface area (Å²) < 4.78 is 2.11. The lowest BCUT2D eigenvalue weighted by atomic mass is 9.60. The third kappa shape index (κ3) is 8.72. The Kier molecular flexibility index (Phi) is 12.0. The van der Waals surface area contributed by atoms with Gasteiger partial charge < -0.3 is 29.9 Å². The van der Waals surface area contributed by atoms with Crippen molar-refractivity contribution in [2.24, 2.45) is 11.3 Å². The second kappa shape index (κ2) is 18.8. The number of fused-ring (bicyclic) bond motifs is 2. The largest absolute Gasteiger partial charge is 0.371 e. The van der Waals surface area contributed by atoms with Crippen molar-refractivity contribution in [1.29, 1.82) is 0 Å². The topological polar surface area (TPSA) is 198 Å². The van der Waals surface area contributed by atoms with E-state index in [0.29, 0.717) is 36.8 Å². The Hall–Kier alpha value is -7.21. The lowest BCUT2D eigenvalue weighted by molar-refractivity contribution is -0.141. The van der Waals surface area contributed by atoms with E-state index >= 15 is 0 Å². The van der Waals surface area contributed by atoms with Gasteiger partial charge in [-0.1, -0.05) is 30.3 Å². The maximum Gasteiger partial charge on any atom is 0.262 e. The van der Waals surface area contributed by atoms with E-state index in [4.69, 9.17) is 4.98 Å². The number of hydrogen-bond acceptors (Lipinski definition) is 13. The third-order valence-corrected chi connectivity index (χ3v) is 16.9. The summed E-state index contributed by atoms with van der Waals surface area (Å²) in [6, 6.07) is 23.6. The van der Waals surface area contributed by atoms with Gasteiger partial charge in [-0.15, -0.1) is 0 Å². The molecule has 0 radical (unpaired) electrons. The summed E-state index contributed by atoms with van der Waals surface area (Å²) in [7, 11) is 0. The number of benzene rings is 3. The molecule has 1 atom stereocenters. The molecule has 4 saturated heterocycles. The Bertz CT molecular complexity index is 2920. The molecule has 18 nitrogen and oxygen atoms in total. The number of hydrogen-bond donors (Lipinski definition) is 3. The number of piperidine rings is 3. The highest BCUT2D eigenvalue weighted by molar-refractivity contribution is 6.23. The molecule has 5 aromatic rings. The quantitative estimate of drug-likeness (QED) is 0.152. The van der Waals surface area contributed by atoms with Crippen LogP contribution in [0.4, 0.5) is 22.9 Å². The molecule has 7 heterocycles. The van der Waals surface area contributed by atoms with Gasteiger partial charge in [-0.3, -0.25) is 43.9 Å². The highest BCUT2D eigenvalue weighted by Crippen LogP contribution is 2.51. The first-order chi connectivity index (χ1) is 35.0. The minimum absolute atomic E-state index is 0.0324. The molecular formula is C54H60N12O6. The average Bonchev–Trinajstić information content (AvgIpc) is 3.92. The number of likely N-dealkylation sites (tertiary alicyclic amines) is 1. The summed E-state index contributed by atoms with van der Waals surface area (Å²) >= 11 is 0. The molecule has 0 unspecified atom stereocenters. The van der Waals surface area contributed by atoms with Crippen LogP contribution in [0.5, 0.6) is 0 Å². The predicted octanol–water partition coefficient (Wildman–Crippen LogP) is 4.84. The predicted molar refractivity (Wildman–Crippen MR) is 269 cm³/mol. The van der Waals surface area contributed by atoms with Crippen LogP contribution in [-0.2, 0) is 25.6 Å². The van der Waals surface area contributed by atoms with Crippen molar-refractivity contribution in [1.82, 2.24) is 44.9 Å². The lowest BCUT2D eigenvalue weighted by Gasteiger charge is -2.56. The van der Waals surface area contributed by atoms with Gasteiger partial charge in [0.1, 0.15) is 12.4 Å². The van der Waals surface area contributed by atoms with Crippen molar-refractivity contribution in [3.63, 3.8) is 0 Å². The standard InChI is InChI=1S/C54H60N12O6/c67-45-13-12-44(50(69)60-45)66-52(71)42-11-10-39(29-43(42)53(66)72)61-18-14-35(15-19-61)51(70)64-20-16-54(17-21-64)30-41(31-54)63-24-22-62(23-25-63)38-8-6-36(7-9-38)59-48-47-49(56-32-55-48)65(33-57-47)40-27-37(28-40)58-46(68)26-34-4-2-1-3-5-34/h1-11,29,32-33,35,37,40-41,44H,12-28,30-31H2,(H,58,68)(H,55,56,59)(H,60,67,69)/t37?,40?,44-/m0/s1. The van der Waals surface area contributed by atoms with Crippen LogP contribution in [0.2, 0.25) is 0 Å². The van der Waals surface area contributed by atoms with E-state index in [2.05, 4.69) is 74.4 Å². The molecule has 1 spiro atoms. The first-order valence-electron chi connectivity index (χ1n) is 25.8. The first-order valence-corrected chi connectivity index (χ1v) is 25.8. The zero-order chi connectivity index (χ0) is 49.1. The van der Waals surface area contributed by atoms with Crippen LogP contribution in [0, 0.1) is 11.3 Å². The third-order valence-electron chi connectivity index (χ3n) is 16.9. The molecule has 72 heavy (non-hydrogen) atoms. The number of amides is 6. The lowest BCUT2D eigenvalue weighted by Crippen LogP contribution is -2.59. The minimum atomic E-state index is -0.994.